The molecule has 2 heterocycles. The predicted octanol–water partition coefficient (Wildman–Crippen LogP) is 2.71. The minimum atomic E-state index is -0.450. The standard InChI is InChI=1S/C17H14FN3O3S/c18-11-5-6-20-14(8-11)13(19)9-24-12-3-1-10(2-4-12)7-15-16(22)21-17(23)25-15/h1-6,8,19,22H,7,9H2,(H,21,23). The Morgan fingerprint density at radius 2 is 2.08 bits per heavy atom. The smallest absolute Gasteiger partial charge is 0.307 e. The van der Waals surface area contributed by atoms with Gasteiger partial charge in [-0.1, -0.05) is 23.5 Å². The number of nitrogens with zero attached hydrogens (tertiary/aromatic N) is 1. The average molecular weight is 359 g/mol. The second-order valence-electron chi connectivity index (χ2n) is 5.23. The Kier molecular flexibility index (Phi) is 4.90. The fourth-order valence-electron chi connectivity index (χ4n) is 2.16. The molecule has 2 aromatic heterocycles. The molecule has 0 saturated heterocycles. The summed E-state index contributed by atoms with van der Waals surface area (Å²) in [5.74, 6) is -0.00263. The molecule has 128 valence electrons. The van der Waals surface area contributed by atoms with Crippen LogP contribution < -0.4 is 9.61 Å². The molecule has 6 nitrogen and oxygen atoms in total. The molecule has 0 aliphatic heterocycles. The van der Waals surface area contributed by atoms with Crippen molar-refractivity contribution in [3.05, 3.63) is 74.2 Å². The van der Waals surface area contributed by atoms with Gasteiger partial charge in [-0.25, -0.2) is 4.39 Å². The van der Waals surface area contributed by atoms with E-state index in [1.807, 2.05) is 12.1 Å². The zero-order chi connectivity index (χ0) is 17.8. The van der Waals surface area contributed by atoms with Crippen LogP contribution in [-0.4, -0.2) is 27.4 Å². The maximum Gasteiger partial charge on any atom is 0.307 e. The highest BCUT2D eigenvalue weighted by molar-refractivity contribution is 7.09. The first kappa shape index (κ1) is 16.8. The second kappa shape index (κ2) is 7.27. The lowest BCUT2D eigenvalue weighted by molar-refractivity contribution is 0.375. The van der Waals surface area contributed by atoms with Gasteiger partial charge in [0, 0.05) is 18.7 Å². The van der Waals surface area contributed by atoms with Gasteiger partial charge >= 0.3 is 4.87 Å². The topological polar surface area (TPSA) is 99.1 Å². The molecule has 8 heteroatoms. The van der Waals surface area contributed by atoms with E-state index in [-0.39, 0.29) is 28.8 Å². The molecule has 0 radical (unpaired) electrons. The maximum atomic E-state index is 13.1. The van der Waals surface area contributed by atoms with E-state index in [9.17, 15) is 14.3 Å². The van der Waals surface area contributed by atoms with Gasteiger partial charge in [0.1, 0.15) is 18.2 Å². The number of H-pyrrole nitrogens is 1. The molecular weight excluding hydrogens is 345 g/mol. The fourth-order valence-corrected chi connectivity index (χ4v) is 2.92. The number of halogens is 1. The van der Waals surface area contributed by atoms with Gasteiger partial charge in [0.15, 0.2) is 0 Å². The van der Waals surface area contributed by atoms with Crippen LogP contribution in [0.15, 0.2) is 47.4 Å². The molecule has 0 amide bonds. The number of aromatic nitrogens is 2. The van der Waals surface area contributed by atoms with E-state index in [0.29, 0.717) is 17.0 Å². The van der Waals surface area contributed by atoms with Gasteiger partial charge in [-0.2, -0.15) is 0 Å². The van der Waals surface area contributed by atoms with E-state index in [0.717, 1.165) is 16.9 Å². The summed E-state index contributed by atoms with van der Waals surface area (Å²) in [5, 5.41) is 17.5. The van der Waals surface area contributed by atoms with Crippen molar-refractivity contribution in [2.45, 2.75) is 6.42 Å². The third-order valence-corrected chi connectivity index (χ3v) is 4.27. The summed E-state index contributed by atoms with van der Waals surface area (Å²) in [6.07, 6.45) is 1.73. The van der Waals surface area contributed by atoms with Crippen molar-refractivity contribution in [1.29, 1.82) is 5.41 Å². The zero-order valence-corrected chi connectivity index (χ0v) is 13.8. The van der Waals surface area contributed by atoms with E-state index in [1.165, 1.54) is 18.3 Å². The molecule has 0 spiro atoms. The molecule has 0 bridgehead atoms. The normalized spacial score (nSPS) is 10.6. The van der Waals surface area contributed by atoms with Crippen molar-refractivity contribution >= 4 is 17.0 Å². The Labute approximate surface area is 146 Å². The van der Waals surface area contributed by atoms with Crippen molar-refractivity contribution in [3.8, 4) is 11.6 Å². The summed E-state index contributed by atoms with van der Waals surface area (Å²) in [5.41, 5.74) is 1.21. The minimum Gasteiger partial charge on any atom is -0.494 e. The molecule has 25 heavy (non-hydrogen) atoms. The Morgan fingerprint density at radius 3 is 2.72 bits per heavy atom. The third-order valence-electron chi connectivity index (χ3n) is 3.40. The SMILES string of the molecule is N=C(COc1ccc(Cc2sc(=O)[nH]c2O)cc1)c1cc(F)ccn1. The highest BCUT2D eigenvalue weighted by atomic mass is 32.1. The number of pyridine rings is 1. The minimum absolute atomic E-state index is 0.0317. The van der Waals surface area contributed by atoms with E-state index in [2.05, 4.69) is 9.97 Å². The molecular formula is C17H14FN3O3S. The number of aromatic hydroxyl groups is 1. The monoisotopic (exact) mass is 359 g/mol. The number of benzene rings is 1. The lowest BCUT2D eigenvalue weighted by atomic mass is 10.1. The first-order chi connectivity index (χ1) is 12.0. The quantitative estimate of drug-likeness (QED) is 0.589. The summed E-state index contributed by atoms with van der Waals surface area (Å²) in [4.78, 5) is 17.7. The van der Waals surface area contributed by atoms with E-state index < -0.39 is 5.82 Å². The van der Waals surface area contributed by atoms with Crippen LogP contribution in [0.5, 0.6) is 11.6 Å². The van der Waals surface area contributed by atoms with Crippen molar-refractivity contribution in [2.75, 3.05) is 6.61 Å². The van der Waals surface area contributed by atoms with Crippen molar-refractivity contribution in [1.82, 2.24) is 9.97 Å². The molecule has 0 unspecified atom stereocenters. The lowest BCUT2D eigenvalue weighted by Gasteiger charge is -2.08. The molecule has 3 aromatic rings. The average Bonchev–Trinajstić information content (AvgIpc) is 2.91. The maximum absolute atomic E-state index is 13.1. The van der Waals surface area contributed by atoms with Gasteiger partial charge in [-0.05, 0) is 23.8 Å². The number of thiazole rings is 1. The molecule has 0 fully saturated rings. The van der Waals surface area contributed by atoms with E-state index in [1.54, 1.807) is 12.1 Å². The molecule has 0 aliphatic carbocycles. The summed E-state index contributed by atoms with van der Waals surface area (Å²) < 4.78 is 18.6. The van der Waals surface area contributed by atoms with Gasteiger partial charge in [0.2, 0.25) is 5.88 Å². The van der Waals surface area contributed by atoms with Crippen LogP contribution in [0.25, 0.3) is 0 Å². The highest BCUT2D eigenvalue weighted by Gasteiger charge is 2.08. The van der Waals surface area contributed by atoms with E-state index in [4.69, 9.17) is 10.1 Å². The van der Waals surface area contributed by atoms with Gasteiger partial charge in [0.25, 0.3) is 0 Å². The Balaban J connectivity index is 1.60. The van der Waals surface area contributed by atoms with Crippen LogP contribution >= 0.6 is 11.3 Å². The summed E-state index contributed by atoms with van der Waals surface area (Å²) in [6.45, 7) is -0.0317. The van der Waals surface area contributed by atoms with E-state index >= 15 is 0 Å². The molecule has 1 aromatic carbocycles. The van der Waals surface area contributed by atoms with Gasteiger partial charge in [-0.15, -0.1) is 0 Å². The first-order valence-electron chi connectivity index (χ1n) is 7.33. The molecule has 3 N–H and O–H groups in total. The van der Waals surface area contributed by atoms with Crippen LogP contribution in [0.1, 0.15) is 16.1 Å². The zero-order valence-electron chi connectivity index (χ0n) is 13.0. The van der Waals surface area contributed by atoms with Gasteiger partial charge in [0.05, 0.1) is 16.3 Å². The Morgan fingerprint density at radius 1 is 1.32 bits per heavy atom. The van der Waals surface area contributed by atoms with Crippen LogP contribution in [0, 0.1) is 11.2 Å². The van der Waals surface area contributed by atoms with Crippen LogP contribution in [-0.2, 0) is 6.42 Å². The highest BCUT2D eigenvalue weighted by Crippen LogP contribution is 2.21. The van der Waals surface area contributed by atoms with Crippen molar-refractivity contribution < 1.29 is 14.2 Å². The number of aromatic amines is 1. The second-order valence-corrected chi connectivity index (χ2v) is 6.30. The van der Waals surface area contributed by atoms with Crippen LogP contribution in [0.4, 0.5) is 4.39 Å². The summed E-state index contributed by atoms with van der Waals surface area (Å²) in [6, 6.07) is 9.48. The van der Waals surface area contributed by atoms with Crippen molar-refractivity contribution in [3.63, 3.8) is 0 Å². The van der Waals surface area contributed by atoms with Gasteiger partial charge in [-0.3, -0.25) is 20.2 Å². The molecule has 0 atom stereocenters. The Bertz CT molecular complexity index is 950. The number of hydrogen-bond donors (Lipinski definition) is 3. The molecule has 3 rings (SSSR count). The Hall–Kier alpha value is -3.00. The lowest BCUT2D eigenvalue weighted by Crippen LogP contribution is -2.13. The molecule has 0 saturated carbocycles. The number of nitrogens with one attached hydrogen (secondary N) is 2. The largest absolute Gasteiger partial charge is 0.494 e. The van der Waals surface area contributed by atoms with Crippen molar-refractivity contribution in [2.24, 2.45) is 0 Å². The predicted molar refractivity (Wildman–Crippen MR) is 92.4 cm³/mol. The summed E-state index contributed by atoms with van der Waals surface area (Å²) in [7, 11) is 0. The first-order valence-corrected chi connectivity index (χ1v) is 8.15. The van der Waals surface area contributed by atoms with Gasteiger partial charge < -0.3 is 9.84 Å². The number of hydrogen-bond acceptors (Lipinski definition) is 6. The van der Waals surface area contributed by atoms with Crippen LogP contribution in [0.2, 0.25) is 0 Å². The number of ether oxygens (including phenoxy) is 1. The third kappa shape index (κ3) is 4.30. The molecule has 0 aliphatic rings. The summed E-state index contributed by atoms with van der Waals surface area (Å²) >= 11 is 0.968. The number of rotatable bonds is 6. The van der Waals surface area contributed by atoms with Crippen LogP contribution in [0.3, 0.4) is 0 Å². The fraction of sp³-hybridized carbons (Fsp3) is 0.118.